The third kappa shape index (κ3) is 2.89. The second kappa shape index (κ2) is 5.73. The molecule has 0 unspecified atom stereocenters. The van der Waals surface area contributed by atoms with Gasteiger partial charge in [0, 0.05) is 47.1 Å². The minimum Gasteiger partial charge on any atom is -0.354 e. The molecule has 0 amide bonds. The molecule has 0 saturated carbocycles. The quantitative estimate of drug-likeness (QED) is 0.849. The fourth-order valence-electron chi connectivity index (χ4n) is 2.15. The number of benzene rings is 1. The number of anilines is 1. The summed E-state index contributed by atoms with van der Waals surface area (Å²) in [7, 11) is 0. The van der Waals surface area contributed by atoms with Crippen LogP contribution in [0.15, 0.2) is 55.1 Å². The van der Waals surface area contributed by atoms with Crippen LogP contribution in [-0.2, 0) is 6.54 Å². The van der Waals surface area contributed by atoms with Crippen molar-refractivity contribution in [2.45, 2.75) is 6.54 Å². The fraction of sp³-hybridized carbons (Fsp3) is 0.133. The van der Waals surface area contributed by atoms with E-state index in [4.69, 9.17) is 23.2 Å². The molecule has 2 aromatic rings. The molecule has 0 fully saturated rings. The van der Waals surface area contributed by atoms with E-state index in [-0.39, 0.29) is 0 Å². The number of hydrogen-bond donors (Lipinski definition) is 0. The average Bonchev–Trinajstić information content (AvgIpc) is 2.92. The van der Waals surface area contributed by atoms with Crippen LogP contribution >= 0.6 is 23.2 Å². The normalized spacial score (nSPS) is 14.1. The van der Waals surface area contributed by atoms with Crippen LogP contribution in [0.4, 0.5) is 5.69 Å². The molecule has 0 atom stereocenters. The molecule has 3 rings (SSSR count). The summed E-state index contributed by atoms with van der Waals surface area (Å²) < 4.78 is 0. The Morgan fingerprint density at radius 3 is 2.65 bits per heavy atom. The summed E-state index contributed by atoms with van der Waals surface area (Å²) >= 11 is 12.2. The third-order valence-electron chi connectivity index (χ3n) is 3.17. The minimum atomic E-state index is 0.707. The maximum absolute atomic E-state index is 6.20. The number of nitrogens with zero attached hydrogens (tertiary/aromatic N) is 3. The van der Waals surface area contributed by atoms with E-state index >= 15 is 0 Å². The van der Waals surface area contributed by atoms with E-state index < -0.39 is 0 Å². The molecule has 20 heavy (non-hydrogen) atoms. The highest BCUT2D eigenvalue weighted by Crippen LogP contribution is 2.24. The van der Waals surface area contributed by atoms with Gasteiger partial charge in [-0.1, -0.05) is 23.2 Å². The maximum atomic E-state index is 6.20. The molecule has 1 aliphatic rings. The lowest BCUT2D eigenvalue weighted by atomic mass is 10.2. The second-order valence-electron chi connectivity index (χ2n) is 4.60. The van der Waals surface area contributed by atoms with E-state index in [1.807, 2.05) is 30.5 Å². The van der Waals surface area contributed by atoms with Crippen LogP contribution in [0.3, 0.4) is 0 Å². The van der Waals surface area contributed by atoms with Gasteiger partial charge in [-0.3, -0.25) is 4.98 Å². The Morgan fingerprint density at radius 2 is 1.85 bits per heavy atom. The Balaban J connectivity index is 1.70. The molecule has 0 aliphatic carbocycles. The van der Waals surface area contributed by atoms with Crippen LogP contribution in [0.25, 0.3) is 0 Å². The molecule has 0 N–H and O–H groups in total. The van der Waals surface area contributed by atoms with Crippen molar-refractivity contribution < 1.29 is 0 Å². The van der Waals surface area contributed by atoms with Crippen LogP contribution < -0.4 is 4.90 Å². The lowest BCUT2D eigenvalue weighted by molar-refractivity contribution is 0.400. The van der Waals surface area contributed by atoms with Crippen molar-refractivity contribution in [3.8, 4) is 0 Å². The Labute approximate surface area is 128 Å². The Morgan fingerprint density at radius 1 is 1.05 bits per heavy atom. The molecule has 0 bridgehead atoms. The van der Waals surface area contributed by atoms with Gasteiger partial charge < -0.3 is 9.80 Å². The molecule has 102 valence electrons. The van der Waals surface area contributed by atoms with Gasteiger partial charge in [-0.25, -0.2) is 0 Å². The molecular formula is C15H13Cl2N3. The molecule has 1 aromatic carbocycles. The highest BCUT2D eigenvalue weighted by molar-refractivity contribution is 6.33. The summed E-state index contributed by atoms with van der Waals surface area (Å²) in [5.74, 6) is 0. The van der Waals surface area contributed by atoms with Crippen LogP contribution in [0, 0.1) is 0 Å². The van der Waals surface area contributed by atoms with Crippen LogP contribution in [0.1, 0.15) is 5.56 Å². The molecule has 2 heterocycles. The molecule has 0 spiro atoms. The van der Waals surface area contributed by atoms with Gasteiger partial charge in [0.05, 0.1) is 6.67 Å². The van der Waals surface area contributed by atoms with Crippen LogP contribution in [0.2, 0.25) is 10.0 Å². The summed E-state index contributed by atoms with van der Waals surface area (Å²) in [5, 5.41) is 1.45. The van der Waals surface area contributed by atoms with Gasteiger partial charge in [0.1, 0.15) is 0 Å². The first-order valence-corrected chi connectivity index (χ1v) is 7.01. The topological polar surface area (TPSA) is 19.4 Å². The number of rotatable bonds is 3. The average molecular weight is 306 g/mol. The van der Waals surface area contributed by atoms with E-state index in [1.54, 1.807) is 18.5 Å². The van der Waals surface area contributed by atoms with Gasteiger partial charge in [-0.05, 0) is 35.9 Å². The first-order valence-electron chi connectivity index (χ1n) is 6.25. The van der Waals surface area contributed by atoms with Crippen molar-refractivity contribution >= 4 is 28.9 Å². The molecule has 1 aliphatic heterocycles. The van der Waals surface area contributed by atoms with Crippen LogP contribution in [-0.4, -0.2) is 16.6 Å². The van der Waals surface area contributed by atoms with E-state index in [0.29, 0.717) is 5.02 Å². The Kier molecular flexibility index (Phi) is 3.81. The van der Waals surface area contributed by atoms with Crippen molar-refractivity contribution in [2.75, 3.05) is 11.6 Å². The first-order chi connectivity index (χ1) is 9.72. The van der Waals surface area contributed by atoms with E-state index in [1.165, 1.54) is 0 Å². The number of aromatic nitrogens is 1. The van der Waals surface area contributed by atoms with Gasteiger partial charge in [0.2, 0.25) is 0 Å². The van der Waals surface area contributed by atoms with Crippen molar-refractivity contribution in [1.29, 1.82) is 0 Å². The predicted molar refractivity (Wildman–Crippen MR) is 82.7 cm³/mol. The molecule has 0 radical (unpaired) electrons. The smallest absolute Gasteiger partial charge is 0.0945 e. The number of hydrogen-bond acceptors (Lipinski definition) is 3. The summed E-state index contributed by atoms with van der Waals surface area (Å²) in [6.07, 6.45) is 7.69. The Hall–Kier alpha value is -1.71. The molecule has 3 nitrogen and oxygen atoms in total. The second-order valence-corrected chi connectivity index (χ2v) is 5.44. The molecule has 5 heteroatoms. The lowest BCUT2D eigenvalue weighted by Gasteiger charge is -2.21. The fourth-order valence-corrected chi connectivity index (χ4v) is 2.53. The van der Waals surface area contributed by atoms with Crippen molar-refractivity contribution in [3.05, 3.63) is 70.7 Å². The SMILES string of the molecule is Clc1ccc(Cl)c(CN2C=CN(c3ccncc3)C2)c1. The largest absolute Gasteiger partial charge is 0.354 e. The minimum absolute atomic E-state index is 0.707. The molecule has 0 saturated heterocycles. The van der Waals surface area contributed by atoms with E-state index in [9.17, 15) is 0 Å². The highest BCUT2D eigenvalue weighted by Gasteiger charge is 2.15. The van der Waals surface area contributed by atoms with Crippen molar-refractivity contribution in [3.63, 3.8) is 0 Å². The Bertz CT molecular complexity index is 628. The van der Waals surface area contributed by atoms with Gasteiger partial charge in [0.15, 0.2) is 0 Å². The van der Waals surface area contributed by atoms with Crippen molar-refractivity contribution in [2.24, 2.45) is 0 Å². The molecule has 1 aromatic heterocycles. The highest BCUT2D eigenvalue weighted by atomic mass is 35.5. The standard InChI is InChI=1S/C15H13Cl2N3/c16-13-1-2-15(17)12(9-13)10-19-7-8-20(11-19)14-3-5-18-6-4-14/h1-9H,10-11H2. The van der Waals surface area contributed by atoms with E-state index in [0.717, 1.165) is 29.5 Å². The zero-order valence-corrected chi connectivity index (χ0v) is 12.2. The zero-order chi connectivity index (χ0) is 13.9. The van der Waals surface area contributed by atoms with Crippen molar-refractivity contribution in [1.82, 2.24) is 9.88 Å². The lowest BCUT2D eigenvalue weighted by Crippen LogP contribution is -2.24. The van der Waals surface area contributed by atoms with Gasteiger partial charge >= 0.3 is 0 Å². The number of halogens is 2. The third-order valence-corrected chi connectivity index (χ3v) is 3.77. The van der Waals surface area contributed by atoms with E-state index in [2.05, 4.69) is 21.0 Å². The van der Waals surface area contributed by atoms with Gasteiger partial charge in [-0.15, -0.1) is 0 Å². The maximum Gasteiger partial charge on any atom is 0.0945 e. The van der Waals surface area contributed by atoms with Gasteiger partial charge in [0.25, 0.3) is 0 Å². The summed E-state index contributed by atoms with van der Waals surface area (Å²) in [5.41, 5.74) is 2.15. The predicted octanol–water partition coefficient (Wildman–Crippen LogP) is 4.14. The zero-order valence-electron chi connectivity index (χ0n) is 10.7. The first kappa shape index (κ1) is 13.3. The van der Waals surface area contributed by atoms with Crippen LogP contribution in [0.5, 0.6) is 0 Å². The summed E-state index contributed by atoms with van der Waals surface area (Å²) in [6, 6.07) is 9.52. The van der Waals surface area contributed by atoms with Gasteiger partial charge in [-0.2, -0.15) is 0 Å². The monoisotopic (exact) mass is 305 g/mol. The molecular weight excluding hydrogens is 293 g/mol. The summed E-state index contributed by atoms with van der Waals surface area (Å²) in [4.78, 5) is 8.36. The number of pyridine rings is 1. The summed E-state index contributed by atoms with van der Waals surface area (Å²) in [6.45, 7) is 1.52.